The molecule has 2 nitrogen and oxygen atoms in total. The summed E-state index contributed by atoms with van der Waals surface area (Å²) < 4.78 is 25.1. The fourth-order valence-electron chi connectivity index (χ4n) is 0.861. The standard InChI is InChI=1S/C8H6F2N2/c9-7-1-5(3-11)6(4-12)2-8(7)10/h1-2H,3,11H2. The molecule has 12 heavy (non-hydrogen) atoms. The molecule has 0 saturated carbocycles. The van der Waals surface area contributed by atoms with E-state index < -0.39 is 11.6 Å². The van der Waals surface area contributed by atoms with Crippen molar-refractivity contribution < 1.29 is 8.78 Å². The van der Waals surface area contributed by atoms with Gasteiger partial charge in [0.2, 0.25) is 0 Å². The highest BCUT2D eigenvalue weighted by Gasteiger charge is 2.07. The van der Waals surface area contributed by atoms with Crippen LogP contribution in [0.25, 0.3) is 0 Å². The Morgan fingerprint density at radius 1 is 1.33 bits per heavy atom. The largest absolute Gasteiger partial charge is 0.326 e. The maximum Gasteiger partial charge on any atom is 0.160 e. The second-order valence-electron chi connectivity index (χ2n) is 2.24. The molecule has 0 amide bonds. The summed E-state index contributed by atoms with van der Waals surface area (Å²) >= 11 is 0. The van der Waals surface area contributed by atoms with E-state index in [0.29, 0.717) is 5.56 Å². The van der Waals surface area contributed by atoms with Crippen LogP contribution in [0.15, 0.2) is 12.1 Å². The molecule has 0 atom stereocenters. The van der Waals surface area contributed by atoms with Gasteiger partial charge in [0.15, 0.2) is 11.6 Å². The molecule has 0 radical (unpaired) electrons. The average Bonchev–Trinajstić information content (AvgIpc) is 2.09. The van der Waals surface area contributed by atoms with Gasteiger partial charge < -0.3 is 5.73 Å². The van der Waals surface area contributed by atoms with Crippen molar-refractivity contribution in [2.75, 3.05) is 0 Å². The fraction of sp³-hybridized carbons (Fsp3) is 0.125. The van der Waals surface area contributed by atoms with Crippen molar-refractivity contribution in [3.63, 3.8) is 0 Å². The van der Waals surface area contributed by atoms with E-state index in [9.17, 15) is 8.78 Å². The third-order valence-electron chi connectivity index (χ3n) is 1.49. The van der Waals surface area contributed by atoms with Crippen LogP contribution in [0.1, 0.15) is 11.1 Å². The van der Waals surface area contributed by atoms with Gasteiger partial charge in [-0.3, -0.25) is 0 Å². The van der Waals surface area contributed by atoms with Crippen LogP contribution in [0.4, 0.5) is 8.78 Å². The lowest BCUT2D eigenvalue weighted by Crippen LogP contribution is -2.01. The topological polar surface area (TPSA) is 49.8 Å². The Hall–Kier alpha value is -1.47. The van der Waals surface area contributed by atoms with Crippen molar-refractivity contribution in [3.8, 4) is 6.07 Å². The van der Waals surface area contributed by atoms with Gasteiger partial charge in [0.25, 0.3) is 0 Å². The van der Waals surface area contributed by atoms with Crippen molar-refractivity contribution in [1.82, 2.24) is 0 Å². The summed E-state index contributed by atoms with van der Waals surface area (Å²) in [4.78, 5) is 0. The molecule has 2 N–H and O–H groups in total. The molecule has 0 aromatic heterocycles. The van der Waals surface area contributed by atoms with E-state index in [1.54, 1.807) is 6.07 Å². The molecule has 0 fully saturated rings. The molecule has 4 heteroatoms. The lowest BCUT2D eigenvalue weighted by atomic mass is 10.1. The number of nitrogens with two attached hydrogens (primary N) is 1. The molecule has 0 heterocycles. The van der Waals surface area contributed by atoms with E-state index in [4.69, 9.17) is 11.0 Å². The first-order valence-corrected chi connectivity index (χ1v) is 3.27. The van der Waals surface area contributed by atoms with Gasteiger partial charge in [-0.15, -0.1) is 0 Å². The predicted molar refractivity (Wildman–Crippen MR) is 39.0 cm³/mol. The highest BCUT2D eigenvalue weighted by molar-refractivity contribution is 5.38. The summed E-state index contributed by atoms with van der Waals surface area (Å²) in [5, 5.41) is 8.47. The van der Waals surface area contributed by atoms with Gasteiger partial charge in [-0.05, 0) is 17.7 Å². The Morgan fingerprint density at radius 3 is 2.42 bits per heavy atom. The summed E-state index contributed by atoms with van der Waals surface area (Å²) in [6, 6.07) is 3.51. The quantitative estimate of drug-likeness (QED) is 0.686. The minimum Gasteiger partial charge on any atom is -0.326 e. The van der Waals surface area contributed by atoms with Gasteiger partial charge in [0.1, 0.15) is 0 Å². The second-order valence-corrected chi connectivity index (χ2v) is 2.24. The lowest BCUT2D eigenvalue weighted by Gasteiger charge is -2.00. The number of nitrogens with zero attached hydrogens (tertiary/aromatic N) is 1. The molecular formula is C8H6F2N2. The molecule has 0 aliphatic heterocycles. The van der Waals surface area contributed by atoms with Crippen molar-refractivity contribution in [1.29, 1.82) is 5.26 Å². The van der Waals surface area contributed by atoms with E-state index >= 15 is 0 Å². The molecule has 1 aromatic carbocycles. The maximum absolute atomic E-state index is 12.5. The molecule has 0 spiro atoms. The van der Waals surface area contributed by atoms with Gasteiger partial charge in [0.05, 0.1) is 11.6 Å². The fourth-order valence-corrected chi connectivity index (χ4v) is 0.861. The van der Waals surface area contributed by atoms with Crippen LogP contribution in [0, 0.1) is 23.0 Å². The van der Waals surface area contributed by atoms with Gasteiger partial charge in [-0.2, -0.15) is 5.26 Å². The molecule has 0 bridgehead atoms. The Bertz CT molecular complexity index is 342. The zero-order valence-corrected chi connectivity index (χ0v) is 6.14. The van der Waals surface area contributed by atoms with Crippen molar-refractivity contribution in [3.05, 3.63) is 34.9 Å². The van der Waals surface area contributed by atoms with Crippen molar-refractivity contribution >= 4 is 0 Å². The van der Waals surface area contributed by atoms with E-state index in [-0.39, 0.29) is 12.1 Å². The molecule has 0 aliphatic rings. The lowest BCUT2D eigenvalue weighted by molar-refractivity contribution is 0.506. The van der Waals surface area contributed by atoms with Gasteiger partial charge in [-0.1, -0.05) is 0 Å². The number of halogens is 2. The Balaban J connectivity index is 3.31. The molecule has 0 saturated heterocycles. The predicted octanol–water partition coefficient (Wildman–Crippen LogP) is 1.30. The van der Waals surface area contributed by atoms with E-state index in [1.807, 2.05) is 0 Å². The van der Waals surface area contributed by atoms with Crippen LogP contribution in [-0.2, 0) is 6.54 Å². The molecule has 62 valence electrons. The van der Waals surface area contributed by atoms with Crippen LogP contribution in [0.3, 0.4) is 0 Å². The Labute approximate surface area is 68.2 Å². The van der Waals surface area contributed by atoms with Crippen LogP contribution < -0.4 is 5.73 Å². The first-order valence-electron chi connectivity index (χ1n) is 3.27. The number of hydrogen-bond donors (Lipinski definition) is 1. The van der Waals surface area contributed by atoms with Crippen LogP contribution in [0.2, 0.25) is 0 Å². The zero-order chi connectivity index (χ0) is 9.14. The Kier molecular flexibility index (Phi) is 2.36. The summed E-state index contributed by atoms with van der Waals surface area (Å²) in [5.74, 6) is -2.00. The SMILES string of the molecule is N#Cc1cc(F)c(F)cc1CN. The van der Waals surface area contributed by atoms with E-state index in [2.05, 4.69) is 0 Å². The number of hydrogen-bond acceptors (Lipinski definition) is 2. The minimum atomic E-state index is -1.02. The molecular weight excluding hydrogens is 162 g/mol. The number of benzene rings is 1. The van der Waals surface area contributed by atoms with Crippen LogP contribution >= 0.6 is 0 Å². The number of nitriles is 1. The molecule has 1 aromatic rings. The third-order valence-corrected chi connectivity index (χ3v) is 1.49. The highest BCUT2D eigenvalue weighted by Crippen LogP contribution is 2.13. The normalized spacial score (nSPS) is 9.50. The highest BCUT2D eigenvalue weighted by atomic mass is 19.2. The van der Waals surface area contributed by atoms with Crippen molar-refractivity contribution in [2.45, 2.75) is 6.54 Å². The first-order chi connectivity index (χ1) is 5.69. The second kappa shape index (κ2) is 3.28. The average molecular weight is 168 g/mol. The van der Waals surface area contributed by atoms with Crippen LogP contribution in [-0.4, -0.2) is 0 Å². The van der Waals surface area contributed by atoms with Gasteiger partial charge >= 0.3 is 0 Å². The van der Waals surface area contributed by atoms with E-state index in [1.165, 1.54) is 0 Å². The first kappa shape index (κ1) is 8.62. The zero-order valence-electron chi connectivity index (χ0n) is 6.14. The van der Waals surface area contributed by atoms with Crippen LogP contribution in [0.5, 0.6) is 0 Å². The van der Waals surface area contributed by atoms with Gasteiger partial charge in [0, 0.05) is 6.54 Å². The Morgan fingerprint density at radius 2 is 1.92 bits per heavy atom. The molecule has 0 aliphatic carbocycles. The minimum absolute atomic E-state index is 0.0279. The van der Waals surface area contributed by atoms with E-state index in [0.717, 1.165) is 12.1 Å². The third kappa shape index (κ3) is 1.41. The smallest absolute Gasteiger partial charge is 0.160 e. The number of rotatable bonds is 1. The summed E-state index contributed by atoms with van der Waals surface area (Å²) in [5.41, 5.74) is 5.60. The molecule has 0 unspecified atom stereocenters. The summed E-state index contributed by atoms with van der Waals surface area (Å²) in [6.45, 7) is 0.0279. The summed E-state index contributed by atoms with van der Waals surface area (Å²) in [7, 11) is 0. The van der Waals surface area contributed by atoms with Crippen molar-refractivity contribution in [2.24, 2.45) is 5.73 Å². The monoisotopic (exact) mass is 168 g/mol. The molecule has 1 rings (SSSR count). The maximum atomic E-state index is 12.5. The van der Waals surface area contributed by atoms with Gasteiger partial charge in [-0.25, -0.2) is 8.78 Å². The summed E-state index contributed by atoms with van der Waals surface area (Å²) in [6.07, 6.45) is 0.